The van der Waals surface area contributed by atoms with Gasteiger partial charge in [-0.25, -0.2) is 0 Å². The van der Waals surface area contributed by atoms with E-state index >= 15 is 0 Å². The molecule has 140 valence electrons. The Labute approximate surface area is 153 Å². The van der Waals surface area contributed by atoms with Crippen LogP contribution in [0, 0.1) is 0 Å². The first-order valence-corrected chi connectivity index (χ1v) is 8.83. The Balaban J connectivity index is 2.32. The van der Waals surface area contributed by atoms with Gasteiger partial charge < -0.3 is 20.1 Å². The van der Waals surface area contributed by atoms with Crippen LogP contribution in [0.15, 0.2) is 36.4 Å². The lowest BCUT2D eigenvalue weighted by molar-refractivity contribution is 0.0876. The summed E-state index contributed by atoms with van der Waals surface area (Å²) in [7, 11) is 0. The Morgan fingerprint density at radius 1 is 1.04 bits per heavy atom. The molecule has 0 fully saturated rings. The molecule has 2 aromatic rings. The van der Waals surface area contributed by atoms with Crippen molar-refractivity contribution in [2.24, 2.45) is 0 Å². The highest BCUT2D eigenvalue weighted by atomic mass is 16.5. The van der Waals surface area contributed by atoms with Crippen LogP contribution < -0.4 is 4.74 Å². The highest BCUT2D eigenvalue weighted by Crippen LogP contribution is 2.47. The van der Waals surface area contributed by atoms with Crippen molar-refractivity contribution in [3.8, 4) is 23.0 Å². The van der Waals surface area contributed by atoms with Gasteiger partial charge in [-0.1, -0.05) is 50.1 Å². The van der Waals surface area contributed by atoms with E-state index in [9.17, 15) is 20.1 Å². The summed E-state index contributed by atoms with van der Waals surface area (Å²) in [5, 5.41) is 30.9. The first-order chi connectivity index (χ1) is 12.3. The van der Waals surface area contributed by atoms with E-state index in [2.05, 4.69) is 6.92 Å². The van der Waals surface area contributed by atoms with Crippen LogP contribution >= 0.6 is 0 Å². The molecule has 0 amide bonds. The van der Waals surface area contributed by atoms with Crippen molar-refractivity contribution in [2.75, 3.05) is 0 Å². The number of rotatable bonds is 8. The third-order valence-corrected chi connectivity index (χ3v) is 4.25. The molecule has 0 aliphatic heterocycles. The monoisotopic (exact) mass is 358 g/mol. The minimum Gasteiger partial charge on any atom is -0.504 e. The summed E-state index contributed by atoms with van der Waals surface area (Å²) in [6.07, 6.45) is 3.80. The van der Waals surface area contributed by atoms with Gasteiger partial charge in [-0.2, -0.15) is 0 Å². The normalized spacial score (nSPS) is 11.3. The first kappa shape index (κ1) is 19.6. The number of benzene rings is 2. The Kier molecular flexibility index (Phi) is 6.14. The molecular weight excluding hydrogens is 332 g/mol. The first-order valence-electron chi connectivity index (χ1n) is 8.83. The minimum absolute atomic E-state index is 0.178. The highest BCUT2D eigenvalue weighted by molar-refractivity contribution is 6.11. The van der Waals surface area contributed by atoms with Gasteiger partial charge in [0.1, 0.15) is 5.60 Å². The van der Waals surface area contributed by atoms with Crippen molar-refractivity contribution >= 4 is 5.78 Å². The molecule has 2 rings (SSSR count). The number of hydrogen-bond acceptors (Lipinski definition) is 5. The van der Waals surface area contributed by atoms with E-state index in [1.165, 1.54) is 0 Å². The van der Waals surface area contributed by atoms with E-state index in [0.29, 0.717) is 5.56 Å². The summed E-state index contributed by atoms with van der Waals surface area (Å²) in [5.41, 5.74) is -0.473. The van der Waals surface area contributed by atoms with Gasteiger partial charge in [0.15, 0.2) is 17.3 Å². The summed E-state index contributed by atoms with van der Waals surface area (Å²) in [6.45, 7) is 5.80. The maximum Gasteiger partial charge on any atom is 0.207 e. The average Bonchev–Trinajstić information content (AvgIpc) is 2.62. The predicted molar refractivity (Wildman–Crippen MR) is 100 cm³/mol. The zero-order chi connectivity index (χ0) is 19.3. The minimum atomic E-state index is -0.637. The van der Waals surface area contributed by atoms with Gasteiger partial charge in [-0.3, -0.25) is 4.79 Å². The van der Waals surface area contributed by atoms with Crippen molar-refractivity contribution in [1.82, 2.24) is 0 Å². The van der Waals surface area contributed by atoms with Gasteiger partial charge in [0.05, 0.1) is 5.56 Å². The number of aromatic hydroxyl groups is 3. The molecule has 0 aromatic heterocycles. The van der Waals surface area contributed by atoms with Crippen LogP contribution in [-0.2, 0) is 0 Å². The number of hydrogen-bond donors (Lipinski definition) is 3. The lowest BCUT2D eigenvalue weighted by Crippen LogP contribution is -2.28. The number of unbranched alkanes of at least 4 members (excludes halogenated alkanes) is 2. The Bertz CT molecular complexity index is 766. The number of phenolic OH excluding ortho intramolecular Hbond substituents is 3. The van der Waals surface area contributed by atoms with Crippen LogP contribution in [-0.4, -0.2) is 26.7 Å². The standard InChI is InChI=1S/C21H26O5/c1-4-5-9-12-21(2,3)26-20-16(22)13-15(18(24)19(20)25)17(23)14-10-7-6-8-11-14/h6-8,10-11,13,22,24-25H,4-5,9,12H2,1-3H3. The fraction of sp³-hybridized carbons (Fsp3) is 0.381. The number of ether oxygens (including phenoxy) is 1. The Hall–Kier alpha value is -2.69. The summed E-state index contributed by atoms with van der Waals surface area (Å²) in [6, 6.07) is 9.47. The van der Waals surface area contributed by atoms with Crippen molar-refractivity contribution in [3.05, 3.63) is 47.5 Å². The lowest BCUT2D eigenvalue weighted by Gasteiger charge is -2.27. The van der Waals surface area contributed by atoms with Gasteiger partial charge in [-0.05, 0) is 32.8 Å². The third-order valence-electron chi connectivity index (χ3n) is 4.25. The van der Waals surface area contributed by atoms with E-state index in [0.717, 1.165) is 31.7 Å². The van der Waals surface area contributed by atoms with Gasteiger partial charge >= 0.3 is 0 Å². The predicted octanol–water partition coefficient (Wildman–Crippen LogP) is 4.77. The van der Waals surface area contributed by atoms with Crippen LogP contribution in [0.2, 0.25) is 0 Å². The zero-order valence-corrected chi connectivity index (χ0v) is 15.5. The molecule has 0 aliphatic carbocycles. The Morgan fingerprint density at radius 2 is 1.69 bits per heavy atom. The van der Waals surface area contributed by atoms with Crippen molar-refractivity contribution < 1.29 is 24.9 Å². The molecule has 2 aromatic carbocycles. The molecule has 0 atom stereocenters. The Morgan fingerprint density at radius 3 is 2.31 bits per heavy atom. The van der Waals surface area contributed by atoms with E-state index in [1.807, 2.05) is 13.8 Å². The molecule has 5 nitrogen and oxygen atoms in total. The molecule has 0 unspecified atom stereocenters. The van der Waals surface area contributed by atoms with Crippen molar-refractivity contribution in [3.63, 3.8) is 0 Å². The van der Waals surface area contributed by atoms with Crippen LogP contribution in [0.5, 0.6) is 23.0 Å². The second kappa shape index (κ2) is 8.13. The molecule has 0 saturated carbocycles. The SMILES string of the molecule is CCCCCC(C)(C)Oc1c(O)cc(C(=O)c2ccccc2)c(O)c1O. The van der Waals surface area contributed by atoms with E-state index < -0.39 is 22.9 Å². The molecule has 3 N–H and O–H groups in total. The summed E-state index contributed by atoms with van der Waals surface area (Å²) in [4.78, 5) is 12.5. The number of phenols is 3. The van der Waals surface area contributed by atoms with E-state index in [1.54, 1.807) is 30.3 Å². The highest BCUT2D eigenvalue weighted by Gasteiger charge is 2.28. The fourth-order valence-electron chi connectivity index (χ4n) is 2.77. The van der Waals surface area contributed by atoms with Crippen LogP contribution in [0.4, 0.5) is 0 Å². The molecule has 0 saturated heterocycles. The second-order valence-corrected chi connectivity index (χ2v) is 6.98. The zero-order valence-electron chi connectivity index (χ0n) is 15.5. The van der Waals surface area contributed by atoms with Crippen LogP contribution in [0.3, 0.4) is 0 Å². The molecular formula is C21H26O5. The largest absolute Gasteiger partial charge is 0.504 e. The molecule has 0 heterocycles. The molecule has 0 aliphatic rings. The number of ketones is 1. The maximum absolute atomic E-state index is 12.5. The van der Waals surface area contributed by atoms with Gasteiger partial charge in [0, 0.05) is 5.56 Å². The summed E-state index contributed by atoms with van der Waals surface area (Å²) >= 11 is 0. The molecule has 0 bridgehead atoms. The number of carbonyl (C=O) groups is 1. The second-order valence-electron chi connectivity index (χ2n) is 6.98. The summed E-state index contributed by atoms with van der Waals surface area (Å²) < 4.78 is 5.76. The summed E-state index contributed by atoms with van der Waals surface area (Å²) in [5.74, 6) is -2.33. The third kappa shape index (κ3) is 4.48. The van der Waals surface area contributed by atoms with Crippen LogP contribution in [0.25, 0.3) is 0 Å². The van der Waals surface area contributed by atoms with Gasteiger partial charge in [-0.15, -0.1) is 0 Å². The lowest BCUT2D eigenvalue weighted by atomic mass is 9.99. The molecule has 0 spiro atoms. The van der Waals surface area contributed by atoms with E-state index in [4.69, 9.17) is 4.74 Å². The fourth-order valence-corrected chi connectivity index (χ4v) is 2.77. The van der Waals surface area contributed by atoms with Gasteiger partial charge in [0.25, 0.3) is 0 Å². The topological polar surface area (TPSA) is 87.0 Å². The van der Waals surface area contributed by atoms with E-state index in [-0.39, 0.29) is 17.1 Å². The molecule has 5 heteroatoms. The van der Waals surface area contributed by atoms with Crippen molar-refractivity contribution in [2.45, 2.75) is 52.1 Å². The van der Waals surface area contributed by atoms with Crippen molar-refractivity contribution in [1.29, 1.82) is 0 Å². The molecule has 0 radical (unpaired) electrons. The average molecular weight is 358 g/mol. The smallest absolute Gasteiger partial charge is 0.207 e. The quantitative estimate of drug-likeness (QED) is 0.274. The van der Waals surface area contributed by atoms with Gasteiger partial charge in [0.2, 0.25) is 11.5 Å². The number of carbonyl (C=O) groups excluding carboxylic acids is 1. The molecule has 26 heavy (non-hydrogen) atoms. The van der Waals surface area contributed by atoms with Crippen LogP contribution in [0.1, 0.15) is 62.4 Å². The maximum atomic E-state index is 12.5.